The van der Waals surface area contributed by atoms with Crippen LogP contribution in [-0.4, -0.2) is 29.0 Å². The van der Waals surface area contributed by atoms with Crippen molar-refractivity contribution in [1.82, 2.24) is 4.90 Å². The van der Waals surface area contributed by atoms with Crippen LogP contribution in [0.3, 0.4) is 0 Å². The summed E-state index contributed by atoms with van der Waals surface area (Å²) in [4.78, 5) is 30.0. The molecule has 2 aliphatic rings. The van der Waals surface area contributed by atoms with Gasteiger partial charge in [0.05, 0.1) is 12.2 Å². The minimum absolute atomic E-state index is 0.0865. The molecule has 5 rings (SSSR count). The second-order valence-electron chi connectivity index (χ2n) is 7.82. The molecule has 0 saturated carbocycles. The number of para-hydroxylation sites is 1. The maximum Gasteiger partial charge on any atom is 0.268 e. The van der Waals surface area contributed by atoms with E-state index in [1.54, 1.807) is 9.80 Å². The van der Waals surface area contributed by atoms with Crippen molar-refractivity contribution < 1.29 is 9.59 Å². The molecule has 1 spiro atoms. The lowest BCUT2D eigenvalue weighted by Gasteiger charge is -2.33. The Labute approximate surface area is 190 Å². The van der Waals surface area contributed by atoms with Gasteiger partial charge in [-0.1, -0.05) is 65.7 Å². The predicted molar refractivity (Wildman–Crippen MR) is 125 cm³/mol. The molecule has 3 aromatic rings. The number of carbonyl (C=O) groups is 2. The van der Waals surface area contributed by atoms with Crippen LogP contribution < -0.4 is 4.90 Å². The summed E-state index contributed by atoms with van der Waals surface area (Å²) >= 11 is 7.93. The number of thioether (sulfide) groups is 1. The molecule has 1 saturated heterocycles. The monoisotopic (exact) mass is 448 g/mol. The van der Waals surface area contributed by atoms with Crippen LogP contribution in [0.5, 0.6) is 0 Å². The summed E-state index contributed by atoms with van der Waals surface area (Å²) in [5.41, 5.74) is 4.28. The van der Waals surface area contributed by atoms with Crippen LogP contribution in [0.2, 0.25) is 5.02 Å². The van der Waals surface area contributed by atoms with Crippen molar-refractivity contribution in [3.05, 3.63) is 100 Å². The fraction of sp³-hybridized carbons (Fsp3) is 0.200. The quantitative estimate of drug-likeness (QED) is 0.550. The first-order valence-corrected chi connectivity index (χ1v) is 11.6. The second kappa shape index (κ2) is 7.74. The Balaban J connectivity index is 1.58. The number of amides is 2. The number of benzene rings is 3. The summed E-state index contributed by atoms with van der Waals surface area (Å²) in [5, 5.41) is 0.625. The smallest absolute Gasteiger partial charge is 0.268 e. The van der Waals surface area contributed by atoms with E-state index in [1.165, 1.54) is 11.8 Å². The highest BCUT2D eigenvalue weighted by Gasteiger charge is 2.59. The summed E-state index contributed by atoms with van der Waals surface area (Å²) in [6.45, 7) is 2.88. The number of hydrogen-bond acceptors (Lipinski definition) is 3. The van der Waals surface area contributed by atoms with Gasteiger partial charge in [0, 0.05) is 28.4 Å². The van der Waals surface area contributed by atoms with Gasteiger partial charge in [-0.2, -0.15) is 0 Å². The fourth-order valence-corrected chi connectivity index (χ4v) is 6.03. The minimum Gasteiger partial charge on any atom is -0.311 e. The molecule has 0 bridgehead atoms. The van der Waals surface area contributed by atoms with Crippen molar-refractivity contribution in [2.24, 2.45) is 0 Å². The highest BCUT2D eigenvalue weighted by atomic mass is 35.5. The Morgan fingerprint density at radius 1 is 1.03 bits per heavy atom. The molecule has 0 unspecified atom stereocenters. The first-order chi connectivity index (χ1) is 15.0. The van der Waals surface area contributed by atoms with E-state index in [0.29, 0.717) is 29.4 Å². The van der Waals surface area contributed by atoms with E-state index in [-0.39, 0.29) is 11.8 Å². The van der Waals surface area contributed by atoms with E-state index >= 15 is 0 Å². The lowest BCUT2D eigenvalue weighted by Crippen LogP contribution is -2.50. The Hall–Kier alpha value is -2.76. The van der Waals surface area contributed by atoms with E-state index in [0.717, 1.165) is 22.4 Å². The molecule has 6 heteroatoms. The number of hydrogen-bond donors (Lipinski definition) is 0. The van der Waals surface area contributed by atoms with Gasteiger partial charge >= 0.3 is 0 Å². The first-order valence-electron chi connectivity index (χ1n) is 10.2. The highest BCUT2D eigenvalue weighted by molar-refractivity contribution is 8.01. The molecule has 2 heterocycles. The third kappa shape index (κ3) is 3.15. The van der Waals surface area contributed by atoms with Crippen LogP contribution in [-0.2, 0) is 16.2 Å². The van der Waals surface area contributed by atoms with Gasteiger partial charge in [0.15, 0.2) is 4.87 Å². The standard InChI is InChI=1S/C25H21ClN2O2S/c1-17-10-12-18(13-11-17)23(29)28-14-15-31-25(28)20-7-3-5-9-22(20)27(24(25)30)16-19-6-2-4-8-21(19)26/h2-13H,14-16H2,1H3/t25-/m0/s1. The van der Waals surface area contributed by atoms with Gasteiger partial charge in [0.25, 0.3) is 11.8 Å². The fourth-order valence-electron chi connectivity index (χ4n) is 4.37. The van der Waals surface area contributed by atoms with Crippen LogP contribution in [0.1, 0.15) is 27.0 Å². The largest absolute Gasteiger partial charge is 0.311 e. The van der Waals surface area contributed by atoms with Crippen LogP contribution in [0, 0.1) is 6.92 Å². The molecule has 0 aromatic heterocycles. The number of fused-ring (bicyclic) bond motifs is 2. The molecule has 1 fully saturated rings. The topological polar surface area (TPSA) is 40.6 Å². The van der Waals surface area contributed by atoms with Crippen LogP contribution in [0.25, 0.3) is 0 Å². The van der Waals surface area contributed by atoms with E-state index in [4.69, 9.17) is 11.6 Å². The number of nitrogens with zero attached hydrogens (tertiary/aromatic N) is 2. The van der Waals surface area contributed by atoms with E-state index < -0.39 is 4.87 Å². The van der Waals surface area contributed by atoms with E-state index in [1.807, 2.05) is 79.7 Å². The summed E-state index contributed by atoms with van der Waals surface area (Å²) in [7, 11) is 0. The van der Waals surface area contributed by atoms with Gasteiger partial charge in [0.1, 0.15) is 0 Å². The summed E-state index contributed by atoms with van der Waals surface area (Å²) in [5.74, 6) is 0.502. The Kier molecular flexibility index (Phi) is 5.03. The van der Waals surface area contributed by atoms with Crippen molar-refractivity contribution in [1.29, 1.82) is 0 Å². The molecule has 2 amide bonds. The van der Waals surface area contributed by atoms with E-state index in [9.17, 15) is 9.59 Å². The van der Waals surface area contributed by atoms with Crippen molar-refractivity contribution in [3.63, 3.8) is 0 Å². The van der Waals surface area contributed by atoms with Crippen LogP contribution >= 0.6 is 23.4 Å². The molecule has 31 heavy (non-hydrogen) atoms. The molecule has 0 aliphatic carbocycles. The normalized spacial score (nSPS) is 19.9. The summed E-state index contributed by atoms with van der Waals surface area (Å²) in [6, 6.07) is 22.9. The zero-order chi connectivity index (χ0) is 21.6. The van der Waals surface area contributed by atoms with Crippen LogP contribution in [0.15, 0.2) is 72.8 Å². The molecular weight excluding hydrogens is 428 g/mol. The number of carbonyl (C=O) groups excluding carboxylic acids is 2. The molecule has 2 aliphatic heterocycles. The lowest BCUT2D eigenvalue weighted by atomic mass is 10.0. The van der Waals surface area contributed by atoms with Crippen molar-refractivity contribution in [2.75, 3.05) is 17.2 Å². The molecule has 156 valence electrons. The molecule has 4 nitrogen and oxygen atoms in total. The number of aryl methyl sites for hydroxylation is 1. The Bertz CT molecular complexity index is 1180. The van der Waals surface area contributed by atoms with Crippen LogP contribution in [0.4, 0.5) is 5.69 Å². The van der Waals surface area contributed by atoms with E-state index in [2.05, 4.69) is 0 Å². The first kappa shape index (κ1) is 20.2. The zero-order valence-electron chi connectivity index (χ0n) is 17.0. The maximum atomic E-state index is 14.0. The minimum atomic E-state index is -1.04. The van der Waals surface area contributed by atoms with Crippen molar-refractivity contribution in [2.45, 2.75) is 18.3 Å². The zero-order valence-corrected chi connectivity index (χ0v) is 18.6. The van der Waals surface area contributed by atoms with Gasteiger partial charge in [-0.05, 0) is 36.8 Å². The Morgan fingerprint density at radius 3 is 2.52 bits per heavy atom. The molecule has 0 N–H and O–H groups in total. The molecular formula is C25H21ClN2O2S. The Morgan fingerprint density at radius 2 is 1.74 bits per heavy atom. The SMILES string of the molecule is Cc1ccc(C(=O)N2CCS[C@@]23C(=O)N(Cc2ccccc2Cl)c2ccccc23)cc1. The highest BCUT2D eigenvalue weighted by Crippen LogP contribution is 2.54. The molecule has 0 radical (unpaired) electrons. The predicted octanol–water partition coefficient (Wildman–Crippen LogP) is 5.24. The molecule has 3 aromatic carbocycles. The van der Waals surface area contributed by atoms with Gasteiger partial charge in [-0.3, -0.25) is 9.59 Å². The van der Waals surface area contributed by atoms with Crippen molar-refractivity contribution in [3.8, 4) is 0 Å². The average Bonchev–Trinajstić information content (AvgIpc) is 3.32. The molecule has 1 atom stereocenters. The van der Waals surface area contributed by atoms with Gasteiger partial charge in [-0.15, -0.1) is 11.8 Å². The third-order valence-corrected chi connectivity index (χ3v) is 7.72. The third-order valence-electron chi connectivity index (χ3n) is 5.93. The van der Waals surface area contributed by atoms with Gasteiger partial charge in [0.2, 0.25) is 0 Å². The number of rotatable bonds is 3. The second-order valence-corrected chi connectivity index (χ2v) is 9.51. The number of anilines is 1. The lowest BCUT2D eigenvalue weighted by molar-refractivity contribution is -0.123. The number of halogens is 1. The van der Waals surface area contributed by atoms with Gasteiger partial charge in [-0.25, -0.2) is 0 Å². The summed E-state index contributed by atoms with van der Waals surface area (Å²) in [6.07, 6.45) is 0. The van der Waals surface area contributed by atoms with Gasteiger partial charge < -0.3 is 9.80 Å². The summed E-state index contributed by atoms with van der Waals surface area (Å²) < 4.78 is 0. The van der Waals surface area contributed by atoms with Crippen molar-refractivity contribution >= 4 is 40.9 Å². The maximum absolute atomic E-state index is 14.0. The average molecular weight is 449 g/mol.